The number of hydrogen-bond acceptors (Lipinski definition) is 5. The molecular formula is C10H10ClN5O. The monoisotopic (exact) mass is 251 g/mol. The fraction of sp³-hybridized carbons (Fsp3) is 0.100. The molecule has 0 aliphatic heterocycles. The Hall–Kier alpha value is -1.92. The zero-order chi connectivity index (χ0) is 12.3. The first-order valence-corrected chi connectivity index (χ1v) is 5.23. The van der Waals surface area contributed by atoms with Crippen LogP contribution in [0.25, 0.3) is 5.69 Å². The van der Waals surface area contributed by atoms with Crippen molar-refractivity contribution >= 4 is 17.5 Å². The molecule has 0 radical (unpaired) electrons. The van der Waals surface area contributed by atoms with Gasteiger partial charge in [-0.05, 0) is 18.2 Å². The normalized spacial score (nSPS) is 10.2. The van der Waals surface area contributed by atoms with Gasteiger partial charge in [0.2, 0.25) is 5.95 Å². The predicted octanol–water partition coefficient (Wildman–Crippen LogP) is 0.827. The summed E-state index contributed by atoms with van der Waals surface area (Å²) in [6, 6.07) is 6.90. The number of hydrazine groups is 1. The second-order valence-electron chi connectivity index (χ2n) is 3.19. The highest BCUT2D eigenvalue weighted by Gasteiger charge is 2.03. The van der Waals surface area contributed by atoms with Gasteiger partial charge in [0.05, 0.1) is 5.69 Å². The van der Waals surface area contributed by atoms with E-state index in [1.807, 2.05) is 0 Å². The zero-order valence-electron chi connectivity index (χ0n) is 9.01. The Kier molecular flexibility index (Phi) is 3.36. The minimum atomic E-state index is -0.431. The number of anilines is 1. The van der Waals surface area contributed by atoms with Gasteiger partial charge in [-0.1, -0.05) is 17.7 Å². The zero-order valence-corrected chi connectivity index (χ0v) is 9.77. The van der Waals surface area contributed by atoms with Crippen LogP contribution < -0.4 is 16.5 Å². The Morgan fingerprint density at radius 1 is 1.41 bits per heavy atom. The maximum Gasteiger partial charge on any atom is 0.356 e. The molecule has 0 aliphatic rings. The van der Waals surface area contributed by atoms with Gasteiger partial charge in [-0.3, -0.25) is 9.99 Å². The van der Waals surface area contributed by atoms with Crippen molar-refractivity contribution in [3.63, 3.8) is 0 Å². The van der Waals surface area contributed by atoms with Crippen molar-refractivity contribution in [1.29, 1.82) is 0 Å². The number of aromatic nitrogens is 3. The van der Waals surface area contributed by atoms with E-state index in [0.717, 1.165) is 0 Å². The quantitative estimate of drug-likeness (QED) is 0.791. The van der Waals surface area contributed by atoms with Crippen molar-refractivity contribution in [2.24, 2.45) is 0 Å². The van der Waals surface area contributed by atoms with E-state index in [9.17, 15) is 4.79 Å². The van der Waals surface area contributed by atoms with Gasteiger partial charge < -0.3 is 0 Å². The van der Waals surface area contributed by atoms with Gasteiger partial charge >= 0.3 is 5.69 Å². The Morgan fingerprint density at radius 3 is 2.88 bits per heavy atom. The molecular weight excluding hydrogens is 242 g/mol. The topological polar surface area (TPSA) is 71.8 Å². The Morgan fingerprint density at radius 2 is 2.24 bits per heavy atom. The summed E-state index contributed by atoms with van der Waals surface area (Å²) in [7, 11) is 1.66. The van der Waals surface area contributed by atoms with E-state index < -0.39 is 5.69 Å². The molecule has 2 rings (SSSR count). The van der Waals surface area contributed by atoms with E-state index in [-0.39, 0.29) is 5.95 Å². The lowest BCUT2D eigenvalue weighted by atomic mass is 10.3. The van der Waals surface area contributed by atoms with Crippen molar-refractivity contribution in [2.75, 3.05) is 12.5 Å². The second-order valence-corrected chi connectivity index (χ2v) is 3.62. The summed E-state index contributed by atoms with van der Waals surface area (Å²) < 4.78 is 1.31. The minimum Gasteiger partial charge on any atom is -0.290 e. The van der Waals surface area contributed by atoms with Crippen LogP contribution in [0.4, 0.5) is 5.95 Å². The van der Waals surface area contributed by atoms with Crippen molar-refractivity contribution in [1.82, 2.24) is 20.0 Å². The number of nitrogens with zero attached hydrogens (tertiary/aromatic N) is 3. The molecule has 1 aromatic heterocycles. The minimum absolute atomic E-state index is 0.218. The highest BCUT2D eigenvalue weighted by Crippen LogP contribution is 2.12. The van der Waals surface area contributed by atoms with E-state index in [2.05, 4.69) is 20.8 Å². The largest absolute Gasteiger partial charge is 0.356 e. The van der Waals surface area contributed by atoms with Gasteiger partial charge in [-0.2, -0.15) is 4.98 Å². The van der Waals surface area contributed by atoms with E-state index >= 15 is 0 Å². The van der Waals surface area contributed by atoms with Crippen LogP contribution in [0.15, 0.2) is 35.4 Å². The van der Waals surface area contributed by atoms with E-state index in [1.54, 1.807) is 31.3 Å². The SMILES string of the molecule is CNNc1ncn(-c2cccc(Cl)c2)c(=O)n1. The molecule has 0 spiro atoms. The van der Waals surface area contributed by atoms with Crippen LogP contribution >= 0.6 is 11.6 Å². The van der Waals surface area contributed by atoms with Crippen molar-refractivity contribution in [3.05, 3.63) is 46.1 Å². The lowest BCUT2D eigenvalue weighted by molar-refractivity contribution is 0.836. The molecule has 17 heavy (non-hydrogen) atoms. The smallest absolute Gasteiger partial charge is 0.290 e. The highest BCUT2D eigenvalue weighted by molar-refractivity contribution is 6.30. The van der Waals surface area contributed by atoms with Gasteiger partial charge in [0.1, 0.15) is 6.33 Å². The standard InChI is InChI=1S/C10H10ClN5O/c1-12-15-9-13-6-16(10(17)14-9)8-4-2-3-7(11)5-8/h2-6,12H,1H3,(H,14,15,17). The van der Waals surface area contributed by atoms with Crippen LogP contribution in [0.3, 0.4) is 0 Å². The summed E-state index contributed by atoms with van der Waals surface area (Å²) >= 11 is 5.85. The first-order valence-electron chi connectivity index (χ1n) is 4.85. The average molecular weight is 252 g/mol. The molecule has 0 saturated carbocycles. The van der Waals surface area contributed by atoms with Crippen molar-refractivity contribution in [2.45, 2.75) is 0 Å². The summed E-state index contributed by atoms with van der Waals surface area (Å²) in [6.07, 6.45) is 1.39. The third-order valence-corrected chi connectivity index (χ3v) is 2.26. The summed E-state index contributed by atoms with van der Waals surface area (Å²) in [5, 5.41) is 0.548. The molecule has 0 unspecified atom stereocenters. The first kappa shape index (κ1) is 11.6. The van der Waals surface area contributed by atoms with Crippen LogP contribution in [-0.2, 0) is 0 Å². The third-order valence-electron chi connectivity index (χ3n) is 2.03. The molecule has 0 saturated heterocycles. The molecule has 0 amide bonds. The molecule has 88 valence electrons. The highest BCUT2D eigenvalue weighted by atomic mass is 35.5. The van der Waals surface area contributed by atoms with Crippen molar-refractivity contribution < 1.29 is 0 Å². The summed E-state index contributed by atoms with van der Waals surface area (Å²) in [5.41, 5.74) is 5.46. The summed E-state index contributed by atoms with van der Waals surface area (Å²) in [4.78, 5) is 19.4. The van der Waals surface area contributed by atoms with Crippen LogP contribution in [0.2, 0.25) is 5.02 Å². The van der Waals surface area contributed by atoms with Gasteiger partial charge in [-0.15, -0.1) is 0 Å². The van der Waals surface area contributed by atoms with Gasteiger partial charge in [0.15, 0.2) is 0 Å². The number of benzene rings is 1. The fourth-order valence-corrected chi connectivity index (χ4v) is 1.49. The number of halogens is 1. The van der Waals surface area contributed by atoms with Crippen LogP contribution in [0.5, 0.6) is 0 Å². The lowest BCUT2D eigenvalue weighted by Gasteiger charge is -2.06. The maximum absolute atomic E-state index is 11.7. The number of hydrogen-bond donors (Lipinski definition) is 2. The molecule has 1 heterocycles. The molecule has 6 nitrogen and oxygen atoms in total. The fourth-order valence-electron chi connectivity index (χ4n) is 1.31. The van der Waals surface area contributed by atoms with Gasteiger partial charge in [0.25, 0.3) is 0 Å². The number of rotatable bonds is 3. The lowest BCUT2D eigenvalue weighted by Crippen LogP contribution is -2.26. The molecule has 7 heteroatoms. The second kappa shape index (κ2) is 4.94. The Bertz CT molecular complexity index is 583. The van der Waals surface area contributed by atoms with E-state index in [0.29, 0.717) is 10.7 Å². The van der Waals surface area contributed by atoms with Crippen LogP contribution in [0, 0.1) is 0 Å². The summed E-state index contributed by atoms with van der Waals surface area (Å²) in [5.74, 6) is 0.218. The number of nitrogens with one attached hydrogen (secondary N) is 2. The molecule has 0 bridgehead atoms. The molecule has 1 aromatic carbocycles. The van der Waals surface area contributed by atoms with Crippen LogP contribution in [0.1, 0.15) is 0 Å². The predicted molar refractivity (Wildman–Crippen MR) is 65.3 cm³/mol. The van der Waals surface area contributed by atoms with Gasteiger partial charge in [-0.25, -0.2) is 15.2 Å². The molecule has 0 fully saturated rings. The Balaban J connectivity index is 2.43. The molecule has 0 aliphatic carbocycles. The molecule has 2 aromatic rings. The van der Waals surface area contributed by atoms with Crippen molar-refractivity contribution in [3.8, 4) is 5.69 Å². The summed E-state index contributed by atoms with van der Waals surface area (Å²) in [6.45, 7) is 0. The molecule has 2 N–H and O–H groups in total. The van der Waals surface area contributed by atoms with E-state index in [4.69, 9.17) is 11.6 Å². The maximum atomic E-state index is 11.7. The first-order chi connectivity index (χ1) is 8.20. The van der Waals surface area contributed by atoms with Crippen LogP contribution in [-0.4, -0.2) is 21.6 Å². The third kappa shape index (κ3) is 2.61. The molecule has 0 atom stereocenters. The Labute approximate surface area is 102 Å². The average Bonchev–Trinajstić information content (AvgIpc) is 2.29. The van der Waals surface area contributed by atoms with Gasteiger partial charge in [0, 0.05) is 12.1 Å². The van der Waals surface area contributed by atoms with E-state index in [1.165, 1.54) is 10.9 Å².